The van der Waals surface area contributed by atoms with E-state index in [2.05, 4.69) is 20.9 Å². The average molecular weight is 288 g/mol. The van der Waals surface area contributed by atoms with E-state index in [0.717, 1.165) is 5.69 Å². The van der Waals surface area contributed by atoms with Crippen LogP contribution >= 0.6 is 23.2 Å². The summed E-state index contributed by atoms with van der Waals surface area (Å²) in [7, 11) is 0. The molecule has 4 N–H and O–H groups in total. The smallest absolute Gasteiger partial charge is 0.161 e. The van der Waals surface area contributed by atoms with Crippen LogP contribution in [0.4, 0.5) is 11.6 Å². The molecule has 0 unspecified atom stereocenters. The Bertz CT molecular complexity index is 557. The van der Waals surface area contributed by atoms with E-state index >= 15 is 0 Å². The molecule has 0 atom stereocenters. The van der Waals surface area contributed by atoms with Crippen LogP contribution in [0.15, 0.2) is 16.7 Å². The number of nitrogen functional groups attached to an aromatic ring is 1. The van der Waals surface area contributed by atoms with Crippen molar-refractivity contribution in [1.29, 1.82) is 0 Å². The predicted octanol–water partition coefficient (Wildman–Crippen LogP) is 2.58. The number of rotatable bonds is 4. The van der Waals surface area contributed by atoms with Crippen LogP contribution in [0.1, 0.15) is 11.5 Å². The number of hydrogen-bond acceptors (Lipinski definition) is 6. The lowest BCUT2D eigenvalue weighted by Crippen LogP contribution is -2.11. The van der Waals surface area contributed by atoms with Crippen LogP contribution < -0.4 is 16.6 Å². The van der Waals surface area contributed by atoms with E-state index in [1.165, 1.54) is 0 Å². The van der Waals surface area contributed by atoms with Crippen LogP contribution in [0.3, 0.4) is 0 Å². The molecule has 0 saturated carbocycles. The second kappa shape index (κ2) is 5.43. The zero-order valence-corrected chi connectivity index (χ0v) is 11.0. The predicted molar refractivity (Wildman–Crippen MR) is 70.6 cm³/mol. The van der Waals surface area contributed by atoms with Crippen LogP contribution in [0.2, 0.25) is 10.0 Å². The van der Waals surface area contributed by atoms with Crippen LogP contribution in [-0.2, 0) is 6.54 Å². The van der Waals surface area contributed by atoms with Gasteiger partial charge in [-0.05, 0) is 13.0 Å². The van der Waals surface area contributed by atoms with Crippen LogP contribution in [0.25, 0.3) is 0 Å². The Morgan fingerprint density at radius 1 is 1.28 bits per heavy atom. The first-order valence-corrected chi connectivity index (χ1v) is 5.84. The molecule has 0 bridgehead atoms. The highest BCUT2D eigenvalue weighted by molar-refractivity contribution is 6.37. The summed E-state index contributed by atoms with van der Waals surface area (Å²) in [6, 6.07) is 3.37. The summed E-state index contributed by atoms with van der Waals surface area (Å²) in [4.78, 5) is 4.14. The molecule has 0 fully saturated rings. The molecule has 0 aliphatic heterocycles. The maximum absolute atomic E-state index is 6.01. The molecule has 0 amide bonds. The molecular formula is C10H11Cl2N5O. The van der Waals surface area contributed by atoms with E-state index in [1.54, 1.807) is 6.07 Å². The lowest BCUT2D eigenvalue weighted by atomic mass is 10.3. The maximum Gasteiger partial charge on any atom is 0.161 e. The zero-order chi connectivity index (χ0) is 13.1. The molecule has 18 heavy (non-hydrogen) atoms. The van der Waals surface area contributed by atoms with Gasteiger partial charge in [0.1, 0.15) is 5.82 Å². The van der Waals surface area contributed by atoms with Crippen molar-refractivity contribution in [2.45, 2.75) is 13.5 Å². The van der Waals surface area contributed by atoms with Gasteiger partial charge < -0.3 is 15.3 Å². The Balaban J connectivity index is 2.13. The molecule has 6 nitrogen and oxygen atoms in total. The van der Waals surface area contributed by atoms with E-state index in [4.69, 9.17) is 33.6 Å². The number of nitrogens with zero attached hydrogens (tertiary/aromatic N) is 2. The van der Waals surface area contributed by atoms with Crippen molar-refractivity contribution in [2.24, 2.45) is 5.84 Å². The van der Waals surface area contributed by atoms with Gasteiger partial charge in [0.15, 0.2) is 11.6 Å². The third-order valence-electron chi connectivity index (χ3n) is 2.17. The number of nitrogens with one attached hydrogen (secondary N) is 2. The molecule has 2 aromatic heterocycles. The SMILES string of the molecule is Cc1cc(CNc2nc(NN)c(Cl)cc2Cl)on1. The van der Waals surface area contributed by atoms with E-state index in [-0.39, 0.29) is 0 Å². The largest absolute Gasteiger partial charge is 0.361 e. The Hall–Kier alpha value is -1.50. The fourth-order valence-corrected chi connectivity index (χ4v) is 1.84. The van der Waals surface area contributed by atoms with Crippen molar-refractivity contribution in [1.82, 2.24) is 10.1 Å². The Morgan fingerprint density at radius 2 is 2.00 bits per heavy atom. The molecule has 0 aromatic carbocycles. The average Bonchev–Trinajstić information content (AvgIpc) is 2.74. The molecule has 0 aliphatic rings. The highest BCUT2D eigenvalue weighted by atomic mass is 35.5. The molecule has 96 valence electrons. The van der Waals surface area contributed by atoms with Crippen LogP contribution in [0, 0.1) is 6.92 Å². The van der Waals surface area contributed by atoms with Gasteiger partial charge in [-0.15, -0.1) is 0 Å². The fourth-order valence-electron chi connectivity index (χ4n) is 1.36. The highest BCUT2D eigenvalue weighted by Gasteiger charge is 2.09. The number of nitrogens with two attached hydrogens (primary N) is 1. The molecule has 0 saturated heterocycles. The second-order valence-corrected chi connectivity index (χ2v) is 4.40. The minimum atomic E-state index is 0.345. The number of hydrogen-bond donors (Lipinski definition) is 3. The minimum absolute atomic E-state index is 0.345. The van der Waals surface area contributed by atoms with Crippen molar-refractivity contribution in [3.63, 3.8) is 0 Å². The quantitative estimate of drug-likeness (QED) is 0.592. The van der Waals surface area contributed by atoms with Gasteiger partial charge in [-0.1, -0.05) is 28.4 Å². The topological polar surface area (TPSA) is 89.0 Å². The van der Waals surface area contributed by atoms with Crippen molar-refractivity contribution in [3.8, 4) is 0 Å². The standard InChI is InChI=1S/C10H11Cl2N5O/c1-5-2-6(18-17-5)4-14-9-7(11)3-8(12)10(15-9)16-13/h2-3H,4,13H2,1H3,(H2,14,15,16). The van der Waals surface area contributed by atoms with Gasteiger partial charge in [-0.3, -0.25) is 0 Å². The van der Waals surface area contributed by atoms with Gasteiger partial charge in [0, 0.05) is 6.07 Å². The summed E-state index contributed by atoms with van der Waals surface area (Å²) in [5.41, 5.74) is 3.20. The van der Waals surface area contributed by atoms with Crippen molar-refractivity contribution in [2.75, 3.05) is 10.7 Å². The minimum Gasteiger partial charge on any atom is -0.361 e. The molecule has 2 rings (SSSR count). The fraction of sp³-hybridized carbons (Fsp3) is 0.200. The number of halogens is 2. The first-order valence-electron chi connectivity index (χ1n) is 5.09. The van der Waals surface area contributed by atoms with E-state index in [9.17, 15) is 0 Å². The Labute approximate surface area is 113 Å². The summed E-state index contributed by atoms with van der Waals surface area (Å²) in [5, 5.41) is 7.54. The van der Waals surface area contributed by atoms with Crippen molar-refractivity contribution >= 4 is 34.8 Å². The summed E-state index contributed by atoms with van der Waals surface area (Å²) < 4.78 is 5.06. The summed E-state index contributed by atoms with van der Waals surface area (Å²) in [6.45, 7) is 2.26. The summed E-state index contributed by atoms with van der Waals surface area (Å²) >= 11 is 11.9. The molecule has 2 heterocycles. The second-order valence-electron chi connectivity index (χ2n) is 3.58. The lowest BCUT2D eigenvalue weighted by Gasteiger charge is -2.09. The van der Waals surface area contributed by atoms with Crippen LogP contribution in [0.5, 0.6) is 0 Å². The van der Waals surface area contributed by atoms with Crippen LogP contribution in [-0.4, -0.2) is 10.1 Å². The molecule has 2 aromatic rings. The molecule has 0 radical (unpaired) electrons. The van der Waals surface area contributed by atoms with Gasteiger partial charge in [0.25, 0.3) is 0 Å². The van der Waals surface area contributed by atoms with E-state index in [1.807, 2.05) is 13.0 Å². The molecule has 0 spiro atoms. The first-order chi connectivity index (χ1) is 8.60. The third kappa shape index (κ3) is 2.84. The number of hydrazine groups is 1. The third-order valence-corrected chi connectivity index (χ3v) is 2.75. The van der Waals surface area contributed by atoms with Gasteiger partial charge in [0.05, 0.1) is 22.3 Å². The van der Waals surface area contributed by atoms with Crippen molar-refractivity contribution < 1.29 is 4.52 Å². The van der Waals surface area contributed by atoms with Gasteiger partial charge >= 0.3 is 0 Å². The lowest BCUT2D eigenvalue weighted by molar-refractivity contribution is 0.384. The molecular weight excluding hydrogens is 277 g/mol. The molecule has 0 aliphatic carbocycles. The highest BCUT2D eigenvalue weighted by Crippen LogP contribution is 2.28. The Kier molecular flexibility index (Phi) is 3.90. The Morgan fingerprint density at radius 3 is 2.61 bits per heavy atom. The van der Waals surface area contributed by atoms with Gasteiger partial charge in [-0.25, -0.2) is 10.8 Å². The maximum atomic E-state index is 6.01. The number of aromatic nitrogens is 2. The van der Waals surface area contributed by atoms with Gasteiger partial charge in [0.2, 0.25) is 0 Å². The van der Waals surface area contributed by atoms with Crippen molar-refractivity contribution in [3.05, 3.63) is 33.6 Å². The summed E-state index contributed by atoms with van der Waals surface area (Å²) in [5.74, 6) is 6.77. The van der Waals surface area contributed by atoms with E-state index < -0.39 is 0 Å². The molecule has 8 heteroatoms. The zero-order valence-electron chi connectivity index (χ0n) is 9.50. The monoisotopic (exact) mass is 287 g/mol. The van der Waals surface area contributed by atoms with Gasteiger partial charge in [-0.2, -0.15) is 0 Å². The first kappa shape index (κ1) is 12.9. The number of pyridine rings is 1. The summed E-state index contributed by atoms with van der Waals surface area (Å²) in [6.07, 6.45) is 0. The number of aryl methyl sites for hydroxylation is 1. The number of anilines is 2. The normalized spacial score (nSPS) is 10.4. The van der Waals surface area contributed by atoms with E-state index in [0.29, 0.717) is 34.0 Å².